The van der Waals surface area contributed by atoms with Crippen LogP contribution >= 0.6 is 0 Å². The summed E-state index contributed by atoms with van der Waals surface area (Å²) >= 11 is 0. The van der Waals surface area contributed by atoms with E-state index in [0.29, 0.717) is 17.9 Å². The third-order valence-corrected chi connectivity index (χ3v) is 8.35. The average Bonchev–Trinajstić information content (AvgIpc) is 3.20. The zero-order chi connectivity index (χ0) is 31.0. The molecule has 0 aliphatic carbocycles. The zero-order valence-corrected chi connectivity index (χ0v) is 24.6. The highest BCUT2D eigenvalue weighted by Gasteiger charge is 2.52. The number of methoxy groups -OCH3 is 1. The van der Waals surface area contributed by atoms with E-state index in [1.54, 1.807) is 17.0 Å². The van der Waals surface area contributed by atoms with Crippen LogP contribution in [0.15, 0.2) is 12.1 Å². The Morgan fingerprint density at radius 3 is 2.48 bits per heavy atom. The largest absolute Gasteiger partial charge is 0.463 e. The maximum Gasteiger partial charge on any atom is 0.303 e. The monoisotopic (exact) mass is 621 g/mol. The fourth-order valence-electron chi connectivity index (χ4n) is 6.35. The number of esters is 2. The van der Waals surface area contributed by atoms with Gasteiger partial charge in [-0.2, -0.15) is 0 Å². The van der Waals surface area contributed by atoms with Gasteiger partial charge in [0.2, 0.25) is 12.9 Å². The quantitative estimate of drug-likeness (QED) is 0.404. The Morgan fingerprint density at radius 2 is 1.75 bits per heavy atom. The van der Waals surface area contributed by atoms with Crippen LogP contribution in [0.4, 0.5) is 0 Å². The smallest absolute Gasteiger partial charge is 0.303 e. The first-order chi connectivity index (χ1) is 21.2. The van der Waals surface area contributed by atoms with E-state index in [1.807, 2.05) is 0 Å². The van der Waals surface area contributed by atoms with Crippen molar-refractivity contribution >= 4 is 23.6 Å². The van der Waals surface area contributed by atoms with E-state index in [2.05, 4.69) is 0 Å². The van der Waals surface area contributed by atoms with Crippen LogP contribution in [0, 0.1) is 0 Å². The molecule has 5 aliphatic rings. The van der Waals surface area contributed by atoms with Crippen LogP contribution in [0.2, 0.25) is 0 Å². The highest BCUT2D eigenvalue weighted by atomic mass is 16.8. The summed E-state index contributed by atoms with van der Waals surface area (Å²) in [7, 11) is 1.45. The van der Waals surface area contributed by atoms with Gasteiger partial charge in [-0.15, -0.1) is 0 Å². The van der Waals surface area contributed by atoms with Gasteiger partial charge >= 0.3 is 11.9 Å². The van der Waals surface area contributed by atoms with Gasteiger partial charge in [-0.3, -0.25) is 19.2 Å². The molecule has 44 heavy (non-hydrogen) atoms. The standard InChI is InChI=1S/C29H35NO14/c1-14(31)37-10-23-24(35-3)26-27(41-12-36-11-40-26)29(44-23)43-22-8-19(33)17-4-5-30(28(34)25(22)42-15(2)32)9-16-6-20-21(7-18(16)17)39-13-38-20/h6-7,17,22-27,29H,4-5,8-13H2,1-3H3/t17-,22-,23-,24-,25+,26+,27-,29-/m1/s1. The van der Waals surface area contributed by atoms with Crippen LogP contribution in [0.25, 0.3) is 0 Å². The minimum Gasteiger partial charge on any atom is -0.463 e. The Kier molecular flexibility index (Phi) is 9.03. The predicted molar refractivity (Wildman–Crippen MR) is 142 cm³/mol. The molecule has 240 valence electrons. The molecule has 8 atom stereocenters. The molecule has 1 amide bonds. The number of benzene rings is 1. The van der Waals surface area contributed by atoms with Gasteiger partial charge in [0.25, 0.3) is 5.91 Å². The Bertz CT molecular complexity index is 1290. The van der Waals surface area contributed by atoms with E-state index in [9.17, 15) is 19.2 Å². The highest BCUT2D eigenvalue weighted by Crippen LogP contribution is 2.42. The lowest BCUT2D eigenvalue weighted by atomic mass is 9.86. The molecular weight excluding hydrogens is 586 g/mol. The number of ketones is 1. The lowest BCUT2D eigenvalue weighted by Crippen LogP contribution is -2.62. The maximum absolute atomic E-state index is 14.1. The molecule has 1 aromatic rings. The predicted octanol–water partition coefficient (Wildman–Crippen LogP) is 0.540. The number of carbonyl (C=O) groups is 4. The molecule has 0 saturated carbocycles. The van der Waals surface area contributed by atoms with Crippen molar-refractivity contribution in [2.45, 2.75) is 82.1 Å². The molecule has 3 saturated heterocycles. The van der Waals surface area contributed by atoms with E-state index < -0.39 is 66.7 Å². The van der Waals surface area contributed by atoms with Crippen LogP contribution in [0.3, 0.4) is 0 Å². The molecule has 1 aromatic carbocycles. The summed E-state index contributed by atoms with van der Waals surface area (Å²) in [5.74, 6) is -1.51. The number of carbonyl (C=O) groups excluding carboxylic acids is 4. The van der Waals surface area contributed by atoms with Gasteiger partial charge in [0, 0.05) is 46.4 Å². The van der Waals surface area contributed by atoms with Gasteiger partial charge in [0.05, 0.1) is 0 Å². The molecule has 5 aliphatic heterocycles. The number of ether oxygens (including phenoxy) is 10. The molecule has 0 radical (unpaired) electrons. The topological polar surface area (TPSA) is 164 Å². The molecule has 15 heteroatoms. The number of nitrogens with zero attached hydrogens (tertiary/aromatic N) is 1. The molecular formula is C29H35NO14. The van der Waals surface area contributed by atoms with Gasteiger partial charge in [-0.05, 0) is 29.7 Å². The first-order valence-corrected chi connectivity index (χ1v) is 14.4. The Balaban J connectivity index is 1.34. The SMILES string of the molecule is CO[C@H]1[C@@H]2OCOCO[C@H]2[C@H](O[C@@H]2CC(=O)[C@@H]3CCN(Cc4cc5c(cc43)OCO5)C(=O)[C@H]2OC(C)=O)O[C@@H]1COC(C)=O. The van der Waals surface area contributed by atoms with Gasteiger partial charge in [0.1, 0.15) is 56.5 Å². The van der Waals surface area contributed by atoms with Crippen molar-refractivity contribution in [2.75, 3.05) is 40.6 Å². The maximum atomic E-state index is 14.1. The summed E-state index contributed by atoms with van der Waals surface area (Å²) in [6.45, 7) is 2.45. The summed E-state index contributed by atoms with van der Waals surface area (Å²) in [6, 6.07) is 3.59. The molecule has 15 nitrogen and oxygen atoms in total. The first-order valence-electron chi connectivity index (χ1n) is 14.4. The van der Waals surface area contributed by atoms with Gasteiger partial charge in [0.15, 0.2) is 17.8 Å². The summed E-state index contributed by atoms with van der Waals surface area (Å²) < 4.78 is 57.2. The second-order valence-electron chi connectivity index (χ2n) is 11.1. The number of hydrogen-bond acceptors (Lipinski definition) is 14. The number of fused-ring (bicyclic) bond motifs is 7. The number of amides is 1. The summed E-state index contributed by atoms with van der Waals surface area (Å²) in [5.41, 5.74) is 1.50. The van der Waals surface area contributed by atoms with Crippen molar-refractivity contribution in [3.8, 4) is 11.5 Å². The highest BCUT2D eigenvalue weighted by molar-refractivity contribution is 5.91. The van der Waals surface area contributed by atoms with Crippen LogP contribution < -0.4 is 9.47 Å². The van der Waals surface area contributed by atoms with E-state index in [-0.39, 0.29) is 52.3 Å². The van der Waals surface area contributed by atoms with Gasteiger partial charge < -0.3 is 52.3 Å². The first kappa shape index (κ1) is 30.7. The van der Waals surface area contributed by atoms with Crippen molar-refractivity contribution in [1.82, 2.24) is 4.90 Å². The van der Waals surface area contributed by atoms with Crippen molar-refractivity contribution in [3.05, 3.63) is 23.3 Å². The van der Waals surface area contributed by atoms with E-state index in [1.165, 1.54) is 21.0 Å². The third kappa shape index (κ3) is 6.12. The van der Waals surface area contributed by atoms with Crippen molar-refractivity contribution in [2.24, 2.45) is 0 Å². The summed E-state index contributed by atoms with van der Waals surface area (Å²) in [5, 5.41) is 0. The fourth-order valence-corrected chi connectivity index (χ4v) is 6.35. The normalized spacial score (nSPS) is 33.2. The lowest BCUT2D eigenvalue weighted by molar-refractivity contribution is -0.326. The molecule has 0 aromatic heterocycles. The second-order valence-corrected chi connectivity index (χ2v) is 11.1. The minimum atomic E-state index is -1.47. The van der Waals surface area contributed by atoms with Crippen LogP contribution in [0.1, 0.15) is 43.7 Å². The Labute approximate surface area is 252 Å². The zero-order valence-electron chi connectivity index (χ0n) is 24.6. The average molecular weight is 622 g/mol. The van der Waals surface area contributed by atoms with Gasteiger partial charge in [-0.1, -0.05) is 0 Å². The Hall–Kier alpha value is -3.34. The molecule has 0 N–H and O–H groups in total. The third-order valence-electron chi connectivity index (χ3n) is 8.35. The second kappa shape index (κ2) is 12.9. The van der Waals surface area contributed by atoms with E-state index in [0.717, 1.165) is 11.1 Å². The van der Waals surface area contributed by atoms with Crippen LogP contribution in [-0.4, -0.2) is 112 Å². The minimum absolute atomic E-state index is 0.0622. The summed E-state index contributed by atoms with van der Waals surface area (Å²) in [6.07, 6.45) is -7.26. The van der Waals surface area contributed by atoms with Crippen LogP contribution in [-0.2, 0) is 63.6 Å². The van der Waals surface area contributed by atoms with Crippen molar-refractivity contribution in [1.29, 1.82) is 0 Å². The molecule has 5 heterocycles. The van der Waals surface area contributed by atoms with E-state index >= 15 is 0 Å². The number of hydrogen-bond donors (Lipinski definition) is 0. The van der Waals surface area contributed by atoms with Crippen molar-refractivity contribution in [3.63, 3.8) is 0 Å². The lowest BCUT2D eigenvalue weighted by Gasteiger charge is -2.45. The molecule has 2 bridgehead atoms. The molecule has 0 unspecified atom stereocenters. The number of Topliss-reactive ketones (excluding diaryl/α,β-unsaturated/α-hetero) is 1. The molecule has 3 fully saturated rings. The van der Waals surface area contributed by atoms with E-state index in [4.69, 9.17) is 47.4 Å². The fraction of sp³-hybridized carbons (Fsp3) is 0.655. The van der Waals surface area contributed by atoms with Crippen molar-refractivity contribution < 1.29 is 66.5 Å². The molecule has 0 spiro atoms. The summed E-state index contributed by atoms with van der Waals surface area (Å²) in [4.78, 5) is 53.6. The number of rotatable bonds is 6. The van der Waals surface area contributed by atoms with Crippen LogP contribution in [0.5, 0.6) is 11.5 Å². The molecule has 6 rings (SSSR count). The van der Waals surface area contributed by atoms with Gasteiger partial charge in [-0.25, -0.2) is 0 Å². The Morgan fingerprint density at radius 1 is 1.00 bits per heavy atom.